The van der Waals surface area contributed by atoms with Gasteiger partial charge >= 0.3 is 0 Å². The Hall–Kier alpha value is -0.0600. The number of hydrogen-bond acceptors (Lipinski definition) is 4. The van der Waals surface area contributed by atoms with Gasteiger partial charge in [0.25, 0.3) is 0 Å². The Balaban J connectivity index is 1.56. The zero-order valence-electron chi connectivity index (χ0n) is 11.0. The maximum absolute atomic E-state index is 12.3. The van der Waals surface area contributed by atoms with E-state index in [0.717, 1.165) is 51.8 Å². The van der Waals surface area contributed by atoms with Gasteiger partial charge in [-0.15, -0.1) is 0 Å². The SMILES string of the molecule is O=C(CC1CNC1)C1CCOC2(CCSCC2)C1. The van der Waals surface area contributed by atoms with Crippen LogP contribution in [0.2, 0.25) is 0 Å². The van der Waals surface area contributed by atoms with E-state index in [0.29, 0.717) is 11.7 Å². The van der Waals surface area contributed by atoms with Crippen LogP contribution in [0, 0.1) is 11.8 Å². The fourth-order valence-corrected chi connectivity index (χ4v) is 4.58. The highest BCUT2D eigenvalue weighted by molar-refractivity contribution is 7.99. The molecule has 0 aromatic carbocycles. The van der Waals surface area contributed by atoms with E-state index in [9.17, 15) is 4.79 Å². The predicted molar refractivity (Wildman–Crippen MR) is 73.9 cm³/mol. The van der Waals surface area contributed by atoms with Crippen LogP contribution in [-0.4, -0.2) is 42.6 Å². The van der Waals surface area contributed by atoms with Crippen molar-refractivity contribution in [2.45, 2.75) is 37.7 Å². The lowest BCUT2D eigenvalue weighted by Crippen LogP contribution is -2.47. The Morgan fingerprint density at radius 2 is 2.11 bits per heavy atom. The number of rotatable bonds is 3. The fourth-order valence-electron chi connectivity index (χ4n) is 3.34. The van der Waals surface area contributed by atoms with Gasteiger partial charge in [0.05, 0.1) is 5.60 Å². The number of Topliss-reactive ketones (excluding diaryl/α,β-unsaturated/α-hetero) is 1. The third kappa shape index (κ3) is 2.75. The summed E-state index contributed by atoms with van der Waals surface area (Å²) in [4.78, 5) is 12.3. The van der Waals surface area contributed by atoms with E-state index >= 15 is 0 Å². The molecule has 3 nitrogen and oxygen atoms in total. The molecule has 0 aromatic rings. The molecule has 0 radical (unpaired) electrons. The second-order valence-electron chi connectivity index (χ2n) is 6.03. The third-order valence-electron chi connectivity index (χ3n) is 4.71. The normalized spacial score (nSPS) is 32.1. The van der Waals surface area contributed by atoms with Crippen LogP contribution in [0.25, 0.3) is 0 Å². The minimum absolute atomic E-state index is 0.0572. The Morgan fingerprint density at radius 3 is 2.78 bits per heavy atom. The van der Waals surface area contributed by atoms with Gasteiger partial charge in [-0.3, -0.25) is 4.79 Å². The van der Waals surface area contributed by atoms with Crippen LogP contribution in [0.3, 0.4) is 0 Å². The zero-order valence-corrected chi connectivity index (χ0v) is 11.8. The smallest absolute Gasteiger partial charge is 0.136 e. The maximum Gasteiger partial charge on any atom is 0.136 e. The molecule has 0 aliphatic carbocycles. The molecule has 102 valence electrons. The minimum Gasteiger partial charge on any atom is -0.375 e. The molecule has 1 atom stereocenters. The summed E-state index contributed by atoms with van der Waals surface area (Å²) in [6.07, 6.45) is 5.03. The summed E-state index contributed by atoms with van der Waals surface area (Å²) in [5.74, 6) is 3.80. The lowest BCUT2D eigenvalue weighted by molar-refractivity contribution is -0.139. The van der Waals surface area contributed by atoms with Gasteiger partial charge in [-0.1, -0.05) is 0 Å². The Bertz CT molecular complexity index is 305. The standard InChI is InChI=1S/C14H23NO2S/c16-13(7-11-9-15-10-11)12-1-4-17-14(8-12)2-5-18-6-3-14/h11-12,15H,1-10H2. The van der Waals surface area contributed by atoms with Crippen molar-refractivity contribution < 1.29 is 9.53 Å². The van der Waals surface area contributed by atoms with Crippen LogP contribution in [0.5, 0.6) is 0 Å². The molecule has 4 heteroatoms. The Kier molecular flexibility index (Phi) is 3.97. The van der Waals surface area contributed by atoms with E-state index in [1.165, 1.54) is 11.5 Å². The van der Waals surface area contributed by atoms with Crippen molar-refractivity contribution in [1.29, 1.82) is 0 Å². The Morgan fingerprint density at radius 1 is 1.33 bits per heavy atom. The average Bonchev–Trinajstić information content (AvgIpc) is 2.34. The maximum atomic E-state index is 12.3. The largest absolute Gasteiger partial charge is 0.375 e. The minimum atomic E-state index is 0.0572. The molecule has 3 rings (SSSR count). The van der Waals surface area contributed by atoms with Gasteiger partial charge < -0.3 is 10.1 Å². The molecule has 3 aliphatic rings. The van der Waals surface area contributed by atoms with E-state index in [4.69, 9.17) is 4.74 Å². The first-order chi connectivity index (χ1) is 8.77. The van der Waals surface area contributed by atoms with Gasteiger partial charge in [0.2, 0.25) is 0 Å². The first-order valence-corrected chi connectivity index (χ1v) is 8.38. The van der Waals surface area contributed by atoms with E-state index < -0.39 is 0 Å². The monoisotopic (exact) mass is 269 g/mol. The highest BCUT2D eigenvalue weighted by Gasteiger charge is 2.41. The molecule has 1 N–H and O–H groups in total. The van der Waals surface area contributed by atoms with E-state index in [2.05, 4.69) is 5.32 Å². The first kappa shape index (κ1) is 12.9. The van der Waals surface area contributed by atoms with Crippen molar-refractivity contribution in [3.63, 3.8) is 0 Å². The Labute approximate surface area is 113 Å². The second-order valence-corrected chi connectivity index (χ2v) is 7.25. The molecule has 0 amide bonds. The first-order valence-electron chi connectivity index (χ1n) is 7.23. The molecule has 3 saturated heterocycles. The highest BCUT2D eigenvalue weighted by Crippen LogP contribution is 2.40. The van der Waals surface area contributed by atoms with E-state index in [1.54, 1.807) is 0 Å². The van der Waals surface area contributed by atoms with Gasteiger partial charge in [-0.25, -0.2) is 0 Å². The number of ether oxygens (including phenoxy) is 1. The second kappa shape index (κ2) is 5.51. The summed E-state index contributed by atoms with van der Waals surface area (Å²) in [5.41, 5.74) is 0.0572. The quantitative estimate of drug-likeness (QED) is 0.849. The predicted octanol–water partition coefficient (Wildman–Crippen LogP) is 1.86. The molecule has 3 aliphatic heterocycles. The average molecular weight is 269 g/mol. The number of ketones is 1. The van der Waals surface area contributed by atoms with E-state index in [-0.39, 0.29) is 11.5 Å². The molecule has 0 bridgehead atoms. The summed E-state index contributed by atoms with van der Waals surface area (Å²) in [5, 5.41) is 3.25. The fraction of sp³-hybridized carbons (Fsp3) is 0.929. The van der Waals surface area contributed by atoms with Gasteiger partial charge in [-0.2, -0.15) is 11.8 Å². The lowest BCUT2D eigenvalue weighted by atomic mass is 9.78. The highest BCUT2D eigenvalue weighted by atomic mass is 32.2. The van der Waals surface area contributed by atoms with Crippen LogP contribution < -0.4 is 5.32 Å². The van der Waals surface area contributed by atoms with E-state index in [1.807, 2.05) is 11.8 Å². The van der Waals surface area contributed by atoms with Crippen LogP contribution in [0.1, 0.15) is 32.1 Å². The van der Waals surface area contributed by atoms with Crippen molar-refractivity contribution in [1.82, 2.24) is 5.32 Å². The van der Waals surface area contributed by atoms with Gasteiger partial charge in [0, 0.05) is 18.9 Å². The van der Waals surface area contributed by atoms with Crippen molar-refractivity contribution in [3.8, 4) is 0 Å². The summed E-state index contributed by atoms with van der Waals surface area (Å²) < 4.78 is 6.05. The number of nitrogens with one attached hydrogen (secondary N) is 1. The molecule has 1 unspecified atom stereocenters. The van der Waals surface area contributed by atoms with Crippen LogP contribution in [0.4, 0.5) is 0 Å². The summed E-state index contributed by atoms with van der Waals surface area (Å²) >= 11 is 2.02. The molecule has 3 fully saturated rings. The third-order valence-corrected chi connectivity index (χ3v) is 5.69. The summed E-state index contributed by atoms with van der Waals surface area (Å²) in [7, 11) is 0. The topological polar surface area (TPSA) is 38.3 Å². The van der Waals surface area contributed by atoms with Crippen LogP contribution >= 0.6 is 11.8 Å². The van der Waals surface area contributed by atoms with Crippen molar-refractivity contribution in [2.75, 3.05) is 31.2 Å². The zero-order chi connectivity index (χ0) is 12.4. The van der Waals surface area contributed by atoms with Crippen molar-refractivity contribution >= 4 is 17.5 Å². The summed E-state index contributed by atoms with van der Waals surface area (Å²) in [6.45, 7) is 2.87. The molecule has 1 spiro atoms. The molecule has 0 aromatic heterocycles. The number of thioether (sulfide) groups is 1. The van der Waals surface area contributed by atoms with Crippen LogP contribution in [0.15, 0.2) is 0 Å². The molecular weight excluding hydrogens is 246 g/mol. The summed E-state index contributed by atoms with van der Waals surface area (Å²) in [6, 6.07) is 0. The molecule has 18 heavy (non-hydrogen) atoms. The van der Waals surface area contributed by atoms with Crippen molar-refractivity contribution in [3.05, 3.63) is 0 Å². The number of hydrogen-bond donors (Lipinski definition) is 1. The number of carbonyl (C=O) groups is 1. The van der Waals surface area contributed by atoms with Gasteiger partial charge in [0.15, 0.2) is 0 Å². The molecular formula is C14H23NO2S. The number of carbonyl (C=O) groups excluding carboxylic acids is 1. The molecule has 3 heterocycles. The van der Waals surface area contributed by atoms with Crippen LogP contribution in [-0.2, 0) is 9.53 Å². The van der Waals surface area contributed by atoms with Gasteiger partial charge in [-0.05, 0) is 56.2 Å². The molecule has 0 saturated carbocycles. The lowest BCUT2D eigenvalue weighted by Gasteiger charge is -2.43. The van der Waals surface area contributed by atoms with Gasteiger partial charge in [0.1, 0.15) is 5.78 Å². The van der Waals surface area contributed by atoms with Crippen molar-refractivity contribution in [2.24, 2.45) is 11.8 Å².